The van der Waals surface area contributed by atoms with E-state index < -0.39 is 17.5 Å². The van der Waals surface area contributed by atoms with Gasteiger partial charge < -0.3 is 20.3 Å². The van der Waals surface area contributed by atoms with Crippen molar-refractivity contribution in [1.29, 1.82) is 0 Å². The number of alkyl carbamates (subject to hydrolysis) is 1. The highest BCUT2D eigenvalue weighted by atomic mass is 32.1. The minimum atomic E-state index is -0.588. The molecule has 1 saturated heterocycles. The molecule has 0 spiro atoms. The second kappa shape index (κ2) is 9.13. The van der Waals surface area contributed by atoms with Crippen molar-refractivity contribution >= 4 is 39.5 Å². The number of halogens is 1. The summed E-state index contributed by atoms with van der Waals surface area (Å²) in [7, 11) is 0. The summed E-state index contributed by atoms with van der Waals surface area (Å²) in [4.78, 5) is 40.8. The van der Waals surface area contributed by atoms with E-state index in [1.54, 1.807) is 31.9 Å². The molecule has 9 nitrogen and oxygen atoms in total. The van der Waals surface area contributed by atoms with Gasteiger partial charge in [0.05, 0.1) is 28.5 Å². The Morgan fingerprint density at radius 1 is 1.24 bits per heavy atom. The van der Waals surface area contributed by atoms with Gasteiger partial charge in [-0.1, -0.05) is 0 Å². The average molecular weight is 487 g/mol. The van der Waals surface area contributed by atoms with Crippen LogP contribution in [0.25, 0.3) is 10.2 Å². The first-order chi connectivity index (χ1) is 16.0. The van der Waals surface area contributed by atoms with E-state index in [0.717, 1.165) is 11.1 Å². The third-order valence-corrected chi connectivity index (χ3v) is 6.21. The number of fused-ring (bicyclic) bond motifs is 1. The summed E-state index contributed by atoms with van der Waals surface area (Å²) in [5.41, 5.74) is 1.01. The SMILES string of the molecule is Cc1cc2nc(NC(C)c3cncc(F)c3)nc(C(=O)N3CC(NC(=O)OC(C)(C)C)C3)c2s1. The Morgan fingerprint density at radius 2 is 1.97 bits per heavy atom. The molecule has 0 saturated carbocycles. The molecular weight excluding hydrogens is 459 g/mol. The molecule has 1 fully saturated rings. The predicted octanol–water partition coefficient (Wildman–Crippen LogP) is 4.06. The lowest BCUT2D eigenvalue weighted by molar-refractivity contribution is 0.0358. The van der Waals surface area contributed by atoms with Gasteiger partial charge in [-0.15, -0.1) is 11.3 Å². The molecule has 2 N–H and O–H groups in total. The molecule has 4 rings (SSSR count). The van der Waals surface area contributed by atoms with Crippen molar-refractivity contribution in [3.8, 4) is 0 Å². The number of anilines is 1. The quantitative estimate of drug-likeness (QED) is 0.560. The minimum absolute atomic E-state index is 0.181. The van der Waals surface area contributed by atoms with E-state index in [1.807, 2.05) is 19.9 Å². The number of hydrogen-bond donors (Lipinski definition) is 2. The molecule has 3 aromatic heterocycles. The van der Waals surface area contributed by atoms with Crippen molar-refractivity contribution < 1.29 is 18.7 Å². The van der Waals surface area contributed by atoms with E-state index in [9.17, 15) is 14.0 Å². The molecule has 0 radical (unpaired) electrons. The van der Waals surface area contributed by atoms with Crippen LogP contribution in [0.5, 0.6) is 0 Å². The van der Waals surface area contributed by atoms with Crippen LogP contribution in [0.4, 0.5) is 15.1 Å². The summed E-state index contributed by atoms with van der Waals surface area (Å²) in [5.74, 6) is -0.395. The van der Waals surface area contributed by atoms with E-state index >= 15 is 0 Å². The van der Waals surface area contributed by atoms with Gasteiger partial charge in [-0.2, -0.15) is 0 Å². The van der Waals surface area contributed by atoms with Crippen molar-refractivity contribution in [2.45, 2.75) is 52.3 Å². The summed E-state index contributed by atoms with van der Waals surface area (Å²) >= 11 is 1.45. The first-order valence-electron chi connectivity index (χ1n) is 10.9. The number of hydrogen-bond acceptors (Lipinski definition) is 8. The summed E-state index contributed by atoms with van der Waals surface area (Å²) in [6.45, 7) is 9.90. The maximum atomic E-state index is 13.6. The fraction of sp³-hybridized carbons (Fsp3) is 0.435. The Hall–Kier alpha value is -3.34. The number of pyridine rings is 1. The van der Waals surface area contributed by atoms with E-state index in [0.29, 0.717) is 34.6 Å². The molecule has 3 aromatic rings. The lowest BCUT2D eigenvalue weighted by Gasteiger charge is -2.39. The van der Waals surface area contributed by atoms with Gasteiger partial charge in [-0.05, 0) is 52.3 Å². The van der Waals surface area contributed by atoms with Crippen LogP contribution in [0.3, 0.4) is 0 Å². The Bertz CT molecular complexity index is 1240. The van der Waals surface area contributed by atoms with Gasteiger partial charge in [0.1, 0.15) is 11.4 Å². The normalized spacial score (nSPS) is 15.1. The number of ether oxygens (including phenoxy) is 1. The van der Waals surface area contributed by atoms with E-state index in [4.69, 9.17) is 4.74 Å². The summed E-state index contributed by atoms with van der Waals surface area (Å²) in [6, 6.07) is 2.79. The van der Waals surface area contributed by atoms with Crippen LogP contribution in [0, 0.1) is 12.7 Å². The highest BCUT2D eigenvalue weighted by Gasteiger charge is 2.35. The molecule has 34 heavy (non-hydrogen) atoms. The van der Waals surface area contributed by atoms with E-state index in [1.165, 1.54) is 17.4 Å². The summed E-state index contributed by atoms with van der Waals surface area (Å²) in [5, 5.41) is 5.92. The van der Waals surface area contributed by atoms with Crippen molar-refractivity contribution in [1.82, 2.24) is 25.2 Å². The maximum absolute atomic E-state index is 13.6. The first kappa shape index (κ1) is 23.8. The van der Waals surface area contributed by atoms with Crippen molar-refractivity contribution in [3.05, 3.63) is 46.5 Å². The standard InChI is InChI=1S/C23H27FN6O3S/c1-12-6-17-19(34-12)18(20(31)30-10-16(11-30)27-22(32)33-23(3,4)5)29-21(28-17)26-13(2)14-7-15(24)9-25-8-14/h6-9,13,16H,10-11H2,1-5H3,(H,27,32)(H,26,28,29). The van der Waals surface area contributed by atoms with Gasteiger partial charge in [0.25, 0.3) is 5.91 Å². The Balaban J connectivity index is 1.50. The number of aromatic nitrogens is 3. The molecule has 1 aliphatic rings. The van der Waals surface area contributed by atoms with Crippen LogP contribution < -0.4 is 10.6 Å². The lowest BCUT2D eigenvalue weighted by atomic mass is 10.1. The lowest BCUT2D eigenvalue weighted by Crippen LogP contribution is -2.61. The Morgan fingerprint density at radius 3 is 2.65 bits per heavy atom. The smallest absolute Gasteiger partial charge is 0.407 e. The van der Waals surface area contributed by atoms with Crippen molar-refractivity contribution in [2.75, 3.05) is 18.4 Å². The highest BCUT2D eigenvalue weighted by molar-refractivity contribution is 7.19. The molecule has 1 aliphatic heterocycles. The third-order valence-electron chi connectivity index (χ3n) is 5.16. The highest BCUT2D eigenvalue weighted by Crippen LogP contribution is 2.30. The fourth-order valence-electron chi connectivity index (χ4n) is 3.56. The van der Waals surface area contributed by atoms with Gasteiger partial charge in [0.2, 0.25) is 5.95 Å². The molecular formula is C23H27FN6O3S. The largest absolute Gasteiger partial charge is 0.444 e. The van der Waals surface area contributed by atoms with Gasteiger partial charge in [-0.3, -0.25) is 9.78 Å². The van der Waals surface area contributed by atoms with Gasteiger partial charge >= 0.3 is 6.09 Å². The zero-order chi connectivity index (χ0) is 24.6. The number of thiophene rings is 1. The van der Waals surface area contributed by atoms with Crippen LogP contribution in [0.2, 0.25) is 0 Å². The fourth-order valence-corrected chi connectivity index (χ4v) is 4.49. The molecule has 0 aliphatic carbocycles. The van der Waals surface area contributed by atoms with Crippen LogP contribution in [-0.2, 0) is 4.74 Å². The maximum Gasteiger partial charge on any atom is 0.407 e. The Kier molecular flexibility index (Phi) is 6.39. The van der Waals surface area contributed by atoms with Crippen LogP contribution in [0.15, 0.2) is 24.5 Å². The van der Waals surface area contributed by atoms with Gasteiger partial charge in [-0.25, -0.2) is 19.2 Å². The number of carbonyl (C=O) groups excluding carboxylic acids is 2. The third kappa shape index (κ3) is 5.41. The number of nitrogens with one attached hydrogen (secondary N) is 2. The number of amides is 2. The van der Waals surface area contributed by atoms with Gasteiger partial charge in [0.15, 0.2) is 5.69 Å². The molecule has 0 bridgehead atoms. The van der Waals surface area contributed by atoms with Crippen LogP contribution in [-0.4, -0.2) is 56.6 Å². The number of likely N-dealkylation sites (tertiary alicyclic amines) is 1. The van der Waals surface area contributed by atoms with E-state index in [2.05, 4.69) is 25.6 Å². The topological polar surface area (TPSA) is 109 Å². The zero-order valence-electron chi connectivity index (χ0n) is 19.7. The molecule has 4 heterocycles. The number of aryl methyl sites for hydroxylation is 1. The molecule has 180 valence electrons. The summed E-state index contributed by atoms with van der Waals surface area (Å²) < 4.78 is 19.5. The molecule has 2 amide bonds. The number of rotatable bonds is 5. The second-order valence-electron chi connectivity index (χ2n) is 9.32. The molecule has 0 aromatic carbocycles. The molecule has 11 heteroatoms. The number of nitrogens with zero attached hydrogens (tertiary/aromatic N) is 4. The average Bonchev–Trinajstić information content (AvgIpc) is 3.08. The van der Waals surface area contributed by atoms with Crippen molar-refractivity contribution in [2.24, 2.45) is 0 Å². The second-order valence-corrected chi connectivity index (χ2v) is 10.6. The first-order valence-corrected chi connectivity index (χ1v) is 11.7. The molecule has 1 atom stereocenters. The van der Waals surface area contributed by atoms with Crippen molar-refractivity contribution in [3.63, 3.8) is 0 Å². The van der Waals surface area contributed by atoms with Gasteiger partial charge in [0, 0.05) is 24.2 Å². The van der Waals surface area contributed by atoms with Crippen LogP contribution >= 0.6 is 11.3 Å². The minimum Gasteiger partial charge on any atom is -0.444 e. The van der Waals surface area contributed by atoms with E-state index in [-0.39, 0.29) is 23.9 Å². The summed E-state index contributed by atoms with van der Waals surface area (Å²) in [6.07, 6.45) is 2.20. The Labute approximate surface area is 200 Å². The predicted molar refractivity (Wildman–Crippen MR) is 127 cm³/mol. The monoisotopic (exact) mass is 486 g/mol. The zero-order valence-corrected chi connectivity index (χ0v) is 20.5. The molecule has 1 unspecified atom stereocenters. The number of carbonyl (C=O) groups is 2. The van der Waals surface area contributed by atoms with Crippen LogP contribution in [0.1, 0.15) is 54.7 Å².